The summed E-state index contributed by atoms with van der Waals surface area (Å²) in [6, 6.07) is 14.0. The van der Waals surface area contributed by atoms with Gasteiger partial charge in [-0.25, -0.2) is 4.98 Å². The number of nitrogens with one attached hydrogen (secondary N) is 1. The summed E-state index contributed by atoms with van der Waals surface area (Å²) >= 11 is 1.64. The van der Waals surface area contributed by atoms with Crippen molar-refractivity contribution in [2.75, 3.05) is 11.9 Å². The molecule has 0 aliphatic carbocycles. The first kappa shape index (κ1) is 15.1. The largest absolute Gasteiger partial charge is 0.369 e. The maximum absolute atomic E-state index is 13.2. The van der Waals surface area contributed by atoms with Crippen molar-refractivity contribution in [2.45, 2.75) is 20.3 Å². The monoisotopic (exact) mass is 334 g/mol. The number of anilines is 1. The van der Waals surface area contributed by atoms with Crippen LogP contribution in [0.4, 0.5) is 5.82 Å². The Labute approximate surface area is 144 Å². The van der Waals surface area contributed by atoms with Crippen molar-refractivity contribution < 1.29 is 0 Å². The summed E-state index contributed by atoms with van der Waals surface area (Å²) in [5.41, 5.74) is 2.06. The van der Waals surface area contributed by atoms with Gasteiger partial charge in [-0.2, -0.15) is 0 Å². The fraction of sp³-hybridized carbons (Fsp3) is 0.200. The number of rotatable bonds is 3. The van der Waals surface area contributed by atoms with Gasteiger partial charge in [0, 0.05) is 22.0 Å². The molecule has 0 aliphatic heterocycles. The van der Waals surface area contributed by atoms with Crippen molar-refractivity contribution in [2.24, 2.45) is 0 Å². The summed E-state index contributed by atoms with van der Waals surface area (Å²) in [5.74, 6) is 0.815. The quantitative estimate of drug-likeness (QED) is 0.419. The fourth-order valence-corrected chi connectivity index (χ4v) is 4.17. The normalized spacial score (nSPS) is 11.4. The lowest BCUT2D eigenvalue weighted by Gasteiger charge is -2.11. The molecule has 0 aliphatic rings. The Morgan fingerprint density at radius 3 is 2.79 bits per heavy atom. The molecule has 0 radical (unpaired) electrons. The lowest BCUT2D eigenvalue weighted by molar-refractivity contribution is 0.974. The second kappa shape index (κ2) is 5.87. The highest BCUT2D eigenvalue weighted by molar-refractivity contribution is 7.25. The van der Waals surface area contributed by atoms with Gasteiger partial charge in [0.15, 0.2) is 5.43 Å². The zero-order valence-electron chi connectivity index (χ0n) is 13.7. The van der Waals surface area contributed by atoms with E-state index in [-0.39, 0.29) is 5.43 Å². The average Bonchev–Trinajstić information content (AvgIpc) is 2.60. The van der Waals surface area contributed by atoms with Crippen LogP contribution in [0.3, 0.4) is 0 Å². The van der Waals surface area contributed by atoms with Crippen molar-refractivity contribution >= 4 is 48.2 Å². The molecule has 3 nitrogen and oxygen atoms in total. The van der Waals surface area contributed by atoms with E-state index in [1.54, 1.807) is 11.3 Å². The van der Waals surface area contributed by atoms with Crippen LogP contribution >= 0.6 is 11.3 Å². The van der Waals surface area contributed by atoms with E-state index in [0.717, 1.165) is 55.4 Å². The van der Waals surface area contributed by atoms with Gasteiger partial charge in [-0.15, -0.1) is 11.3 Å². The van der Waals surface area contributed by atoms with Crippen molar-refractivity contribution in [1.29, 1.82) is 0 Å². The number of fused-ring (bicyclic) bond motifs is 4. The van der Waals surface area contributed by atoms with Crippen LogP contribution in [0.1, 0.15) is 18.9 Å². The molecule has 0 saturated heterocycles. The summed E-state index contributed by atoms with van der Waals surface area (Å²) in [5, 5.41) is 5.90. The number of aromatic nitrogens is 1. The summed E-state index contributed by atoms with van der Waals surface area (Å²) < 4.78 is 1.96. The van der Waals surface area contributed by atoms with Crippen LogP contribution in [0.15, 0.2) is 47.3 Å². The maximum Gasteiger partial charge on any atom is 0.196 e. The molecule has 4 aromatic rings. The second-order valence-corrected chi connectivity index (χ2v) is 7.09. The molecule has 2 aromatic carbocycles. The molecular weight excluding hydrogens is 316 g/mol. The van der Waals surface area contributed by atoms with Gasteiger partial charge in [0.05, 0.1) is 15.6 Å². The van der Waals surface area contributed by atoms with E-state index in [0.29, 0.717) is 0 Å². The highest BCUT2D eigenvalue weighted by Crippen LogP contribution is 2.34. The van der Waals surface area contributed by atoms with Gasteiger partial charge < -0.3 is 5.32 Å². The predicted octanol–water partition coefficient (Wildman–Crippen LogP) is 5.09. The number of hydrogen-bond donors (Lipinski definition) is 1. The Hall–Kier alpha value is -2.46. The molecule has 120 valence electrons. The Kier molecular flexibility index (Phi) is 3.69. The molecule has 24 heavy (non-hydrogen) atoms. The Balaban J connectivity index is 2.21. The number of nitrogens with zero attached hydrogens (tertiary/aromatic N) is 1. The first-order valence-electron chi connectivity index (χ1n) is 8.19. The molecule has 0 atom stereocenters. The van der Waals surface area contributed by atoms with Crippen LogP contribution in [0.2, 0.25) is 0 Å². The van der Waals surface area contributed by atoms with Crippen LogP contribution < -0.4 is 10.7 Å². The van der Waals surface area contributed by atoms with Gasteiger partial charge in [0.1, 0.15) is 5.82 Å². The minimum absolute atomic E-state index is 0.0978. The number of benzene rings is 2. The molecule has 1 N–H and O–H groups in total. The first-order chi connectivity index (χ1) is 11.7. The standard InChI is InChI=1S/C20H18N2OS/c1-3-10-21-20-19-17(13-6-4-5-7-15(13)22-20)18(23)14-11-12(2)8-9-16(14)24-19/h4-9,11H,3,10H2,1-2H3,(H,21,22). The van der Waals surface area contributed by atoms with Crippen molar-refractivity contribution in [3.8, 4) is 0 Å². The molecule has 4 heteroatoms. The van der Waals surface area contributed by atoms with E-state index in [9.17, 15) is 4.79 Å². The number of pyridine rings is 1. The fourth-order valence-electron chi connectivity index (χ4n) is 3.04. The second-order valence-electron chi connectivity index (χ2n) is 6.04. The first-order valence-corrected chi connectivity index (χ1v) is 9.00. The molecule has 0 amide bonds. The number of hydrogen-bond acceptors (Lipinski definition) is 4. The van der Waals surface area contributed by atoms with Gasteiger partial charge in [0.2, 0.25) is 0 Å². The zero-order valence-corrected chi connectivity index (χ0v) is 14.5. The van der Waals surface area contributed by atoms with E-state index < -0.39 is 0 Å². The molecule has 4 rings (SSSR count). The van der Waals surface area contributed by atoms with Gasteiger partial charge in [0.25, 0.3) is 0 Å². The third kappa shape index (κ3) is 2.34. The molecule has 0 saturated carbocycles. The molecule has 0 spiro atoms. The summed E-state index contributed by atoms with van der Waals surface area (Å²) in [7, 11) is 0. The summed E-state index contributed by atoms with van der Waals surface area (Å²) in [4.78, 5) is 18.0. The third-order valence-electron chi connectivity index (χ3n) is 4.21. The zero-order chi connectivity index (χ0) is 16.7. The van der Waals surface area contributed by atoms with Gasteiger partial charge in [-0.1, -0.05) is 36.8 Å². The predicted molar refractivity (Wildman–Crippen MR) is 104 cm³/mol. The average molecular weight is 334 g/mol. The van der Waals surface area contributed by atoms with E-state index in [2.05, 4.69) is 18.3 Å². The SMILES string of the molecule is CCCNc1nc2ccccc2c2c(=O)c3cc(C)ccc3sc12. The Bertz CT molecular complexity index is 1130. The smallest absolute Gasteiger partial charge is 0.196 e. The Morgan fingerprint density at radius 1 is 1.12 bits per heavy atom. The van der Waals surface area contributed by atoms with Crippen molar-refractivity contribution in [3.63, 3.8) is 0 Å². The molecule has 0 bridgehead atoms. The highest BCUT2D eigenvalue weighted by Gasteiger charge is 2.14. The maximum atomic E-state index is 13.2. The molecule has 0 fully saturated rings. The van der Waals surface area contributed by atoms with Crippen molar-refractivity contribution in [1.82, 2.24) is 4.98 Å². The van der Waals surface area contributed by atoms with Gasteiger partial charge in [-0.3, -0.25) is 4.79 Å². The van der Waals surface area contributed by atoms with Crippen molar-refractivity contribution in [3.05, 3.63) is 58.3 Å². The summed E-state index contributed by atoms with van der Waals surface area (Å²) in [6.07, 6.45) is 1.01. The minimum atomic E-state index is 0.0978. The van der Waals surface area contributed by atoms with Crippen LogP contribution in [0.25, 0.3) is 31.1 Å². The molecule has 0 unspecified atom stereocenters. The van der Waals surface area contributed by atoms with E-state index in [1.165, 1.54) is 0 Å². The minimum Gasteiger partial charge on any atom is -0.369 e. The van der Waals surface area contributed by atoms with E-state index in [4.69, 9.17) is 4.98 Å². The van der Waals surface area contributed by atoms with Crippen LogP contribution in [0.5, 0.6) is 0 Å². The third-order valence-corrected chi connectivity index (χ3v) is 5.39. The lowest BCUT2D eigenvalue weighted by atomic mass is 10.1. The van der Waals surface area contributed by atoms with Gasteiger partial charge in [-0.05, 0) is 31.5 Å². The van der Waals surface area contributed by atoms with E-state index in [1.807, 2.05) is 43.3 Å². The van der Waals surface area contributed by atoms with E-state index >= 15 is 0 Å². The van der Waals surface area contributed by atoms with Gasteiger partial charge >= 0.3 is 0 Å². The number of aryl methyl sites for hydroxylation is 1. The molecule has 2 aromatic heterocycles. The topological polar surface area (TPSA) is 42.0 Å². The van der Waals surface area contributed by atoms with Crippen LogP contribution in [0, 0.1) is 6.92 Å². The highest BCUT2D eigenvalue weighted by atomic mass is 32.1. The number of para-hydroxylation sites is 1. The molecular formula is C20H18N2OS. The molecule has 2 heterocycles. The Morgan fingerprint density at radius 2 is 1.96 bits per heavy atom. The van der Waals surface area contributed by atoms with Crippen LogP contribution in [-0.4, -0.2) is 11.5 Å². The van der Waals surface area contributed by atoms with Crippen LogP contribution in [-0.2, 0) is 0 Å². The summed E-state index contributed by atoms with van der Waals surface area (Å²) in [6.45, 7) is 4.98. The lowest BCUT2D eigenvalue weighted by Crippen LogP contribution is -2.07.